The van der Waals surface area contributed by atoms with E-state index in [4.69, 9.17) is 18.7 Å². The second-order valence-electron chi connectivity index (χ2n) is 9.68. The van der Waals surface area contributed by atoms with Crippen molar-refractivity contribution >= 4 is 17.7 Å². The summed E-state index contributed by atoms with van der Waals surface area (Å²) in [6, 6.07) is 12.6. The van der Waals surface area contributed by atoms with Crippen LogP contribution in [0, 0.1) is 23.0 Å². The van der Waals surface area contributed by atoms with Gasteiger partial charge >= 0.3 is 12.1 Å². The van der Waals surface area contributed by atoms with Gasteiger partial charge in [-0.3, -0.25) is 14.9 Å². The third kappa shape index (κ3) is 7.34. The molecule has 1 amide bonds. The molecule has 1 saturated carbocycles. The summed E-state index contributed by atoms with van der Waals surface area (Å²) >= 11 is 0. The Bertz CT molecular complexity index is 1300. The molecule has 0 saturated heterocycles. The van der Waals surface area contributed by atoms with Crippen LogP contribution < -0.4 is 14.8 Å². The van der Waals surface area contributed by atoms with Gasteiger partial charge in [0.15, 0.2) is 5.76 Å². The third-order valence-electron chi connectivity index (χ3n) is 6.38. The Morgan fingerprint density at radius 3 is 2.46 bits per heavy atom. The zero-order valence-corrected chi connectivity index (χ0v) is 22.0. The minimum Gasteiger partial charge on any atom is -0.490 e. The van der Waals surface area contributed by atoms with E-state index in [1.54, 1.807) is 6.92 Å². The molecule has 3 aromatic rings. The van der Waals surface area contributed by atoms with Gasteiger partial charge in [-0.25, -0.2) is 4.79 Å². The van der Waals surface area contributed by atoms with Gasteiger partial charge in [0.25, 0.3) is 5.69 Å². The molecule has 11 heteroatoms. The van der Waals surface area contributed by atoms with E-state index in [0.717, 1.165) is 24.8 Å². The summed E-state index contributed by atoms with van der Waals surface area (Å²) in [5, 5.41) is 17.5. The molecule has 39 heavy (non-hydrogen) atoms. The maximum Gasteiger partial charge on any atom is 0.412 e. The number of ether oxygens (including phenoxy) is 3. The quantitative estimate of drug-likeness (QED) is 0.205. The third-order valence-corrected chi connectivity index (χ3v) is 6.38. The summed E-state index contributed by atoms with van der Waals surface area (Å²) in [6.45, 7) is 5.57. The van der Waals surface area contributed by atoms with E-state index in [-0.39, 0.29) is 42.1 Å². The Labute approximate surface area is 225 Å². The molecule has 1 N–H and O–H groups in total. The molecule has 1 aromatic heterocycles. The average molecular weight is 538 g/mol. The summed E-state index contributed by atoms with van der Waals surface area (Å²) in [5.41, 5.74) is 1.95. The number of carbonyl (C=O) groups is 2. The van der Waals surface area contributed by atoms with Crippen LogP contribution in [0.25, 0.3) is 11.3 Å². The SMILES string of the molecule is Cc1noc(-c2ccc(O[C@H]3CCC[C@H](C(=O)OC(C)C)C3)cc2)c1CNC(=O)Oc1ccc([N+](=O)[O-])cc1. The van der Waals surface area contributed by atoms with Crippen molar-refractivity contribution in [3.63, 3.8) is 0 Å². The van der Waals surface area contributed by atoms with Crippen molar-refractivity contribution < 1.29 is 33.2 Å². The number of aryl methyl sites for hydroxylation is 1. The normalized spacial score (nSPS) is 16.9. The van der Waals surface area contributed by atoms with Crippen LogP contribution in [-0.4, -0.2) is 34.4 Å². The topological polar surface area (TPSA) is 143 Å². The van der Waals surface area contributed by atoms with Gasteiger partial charge in [0, 0.05) is 23.3 Å². The zero-order valence-electron chi connectivity index (χ0n) is 22.0. The number of aromatic nitrogens is 1. The summed E-state index contributed by atoms with van der Waals surface area (Å²) in [7, 11) is 0. The molecule has 0 unspecified atom stereocenters. The molecule has 2 atom stereocenters. The molecule has 0 spiro atoms. The first kappa shape index (κ1) is 27.6. The smallest absolute Gasteiger partial charge is 0.412 e. The Kier molecular flexibility index (Phi) is 8.80. The lowest BCUT2D eigenvalue weighted by Gasteiger charge is -2.29. The van der Waals surface area contributed by atoms with E-state index in [2.05, 4.69) is 10.5 Å². The highest BCUT2D eigenvalue weighted by Gasteiger charge is 2.30. The van der Waals surface area contributed by atoms with E-state index in [0.29, 0.717) is 29.2 Å². The lowest BCUT2D eigenvalue weighted by atomic mass is 9.87. The summed E-state index contributed by atoms with van der Waals surface area (Å²) in [5.74, 6) is 1.06. The molecule has 11 nitrogen and oxygen atoms in total. The van der Waals surface area contributed by atoms with Gasteiger partial charge < -0.3 is 24.1 Å². The molecule has 4 rings (SSSR count). The number of hydrogen-bond donors (Lipinski definition) is 1. The number of nitrogens with zero attached hydrogens (tertiary/aromatic N) is 2. The van der Waals surface area contributed by atoms with E-state index >= 15 is 0 Å². The highest BCUT2D eigenvalue weighted by atomic mass is 16.6. The highest BCUT2D eigenvalue weighted by molar-refractivity contribution is 5.73. The fraction of sp³-hybridized carbons (Fsp3) is 0.393. The van der Waals surface area contributed by atoms with Crippen molar-refractivity contribution in [1.29, 1.82) is 0 Å². The van der Waals surface area contributed by atoms with Gasteiger partial charge in [0.1, 0.15) is 11.5 Å². The van der Waals surface area contributed by atoms with Crippen LogP contribution in [-0.2, 0) is 16.1 Å². The van der Waals surface area contributed by atoms with Crippen LogP contribution in [0.3, 0.4) is 0 Å². The first-order valence-corrected chi connectivity index (χ1v) is 12.8. The molecule has 2 aromatic carbocycles. The Hall–Kier alpha value is -4.41. The number of esters is 1. The van der Waals surface area contributed by atoms with Gasteiger partial charge in [0.2, 0.25) is 0 Å². The molecule has 1 aliphatic carbocycles. The molecule has 1 fully saturated rings. The summed E-state index contributed by atoms with van der Waals surface area (Å²) < 4.78 is 22.3. The number of rotatable bonds is 9. The Morgan fingerprint density at radius 2 is 1.79 bits per heavy atom. The number of nitro benzene ring substituents is 1. The predicted molar refractivity (Wildman–Crippen MR) is 140 cm³/mol. The number of carbonyl (C=O) groups excluding carboxylic acids is 2. The molecule has 206 valence electrons. The maximum absolute atomic E-state index is 12.3. The number of non-ortho nitro benzene ring substituents is 1. The van der Waals surface area contributed by atoms with Crippen molar-refractivity contribution in [1.82, 2.24) is 10.5 Å². The standard InChI is InChI=1S/C28H31N3O8/c1-17(2)36-27(32)20-5-4-6-24(15-20)37-22-11-7-19(8-12-22)26-25(18(3)30-39-26)16-29-28(33)38-23-13-9-21(10-14-23)31(34)35/h7-14,17,20,24H,4-6,15-16H2,1-3H3,(H,29,33)/t20-,24-/m0/s1. The van der Waals surface area contributed by atoms with Crippen molar-refractivity contribution in [2.45, 2.75) is 65.2 Å². The predicted octanol–water partition coefficient (Wildman–Crippen LogP) is 5.74. The van der Waals surface area contributed by atoms with Gasteiger partial charge in [0.05, 0.1) is 35.3 Å². The first-order chi connectivity index (χ1) is 18.7. The largest absolute Gasteiger partial charge is 0.490 e. The number of benzene rings is 2. The van der Waals surface area contributed by atoms with Crippen LogP contribution >= 0.6 is 0 Å². The molecule has 0 radical (unpaired) electrons. The second kappa shape index (κ2) is 12.4. The number of nitrogens with one attached hydrogen (secondary N) is 1. The van der Waals surface area contributed by atoms with E-state index < -0.39 is 11.0 Å². The van der Waals surface area contributed by atoms with Gasteiger partial charge in [-0.1, -0.05) is 5.16 Å². The van der Waals surface area contributed by atoms with Gasteiger partial charge in [-0.2, -0.15) is 0 Å². The highest BCUT2D eigenvalue weighted by Crippen LogP contribution is 2.31. The van der Waals surface area contributed by atoms with Crippen LogP contribution in [0.2, 0.25) is 0 Å². The van der Waals surface area contributed by atoms with Gasteiger partial charge in [-0.15, -0.1) is 0 Å². The molecule has 0 aliphatic heterocycles. The number of nitro groups is 1. The van der Waals surface area contributed by atoms with Crippen molar-refractivity contribution in [2.24, 2.45) is 5.92 Å². The van der Waals surface area contributed by atoms with Crippen molar-refractivity contribution in [2.75, 3.05) is 0 Å². The van der Waals surface area contributed by atoms with Crippen LogP contribution in [0.4, 0.5) is 10.5 Å². The van der Waals surface area contributed by atoms with E-state index in [9.17, 15) is 19.7 Å². The fourth-order valence-corrected chi connectivity index (χ4v) is 4.44. The minimum absolute atomic E-state index is 0.0663. The average Bonchev–Trinajstić information content (AvgIpc) is 3.28. The summed E-state index contributed by atoms with van der Waals surface area (Å²) in [4.78, 5) is 34.8. The first-order valence-electron chi connectivity index (χ1n) is 12.8. The van der Waals surface area contributed by atoms with E-state index in [1.807, 2.05) is 38.1 Å². The molecule has 0 bridgehead atoms. The minimum atomic E-state index is -0.720. The number of amides is 1. The molecular formula is C28H31N3O8. The van der Waals surface area contributed by atoms with Crippen LogP contribution in [0.1, 0.15) is 50.8 Å². The zero-order chi connectivity index (χ0) is 27.9. The van der Waals surface area contributed by atoms with Crippen LogP contribution in [0.5, 0.6) is 11.5 Å². The van der Waals surface area contributed by atoms with Gasteiger partial charge in [-0.05, 0) is 82.9 Å². The number of hydrogen-bond acceptors (Lipinski definition) is 9. The lowest BCUT2D eigenvalue weighted by molar-refractivity contribution is -0.384. The van der Waals surface area contributed by atoms with Crippen LogP contribution in [0.15, 0.2) is 53.1 Å². The Balaban J connectivity index is 1.34. The Morgan fingerprint density at radius 1 is 1.10 bits per heavy atom. The van der Waals surface area contributed by atoms with E-state index in [1.165, 1.54) is 24.3 Å². The second-order valence-corrected chi connectivity index (χ2v) is 9.68. The molecule has 1 aliphatic rings. The van der Waals surface area contributed by atoms with Crippen molar-refractivity contribution in [3.8, 4) is 22.8 Å². The maximum atomic E-state index is 12.3. The molecule has 1 heterocycles. The molecular weight excluding hydrogens is 506 g/mol. The fourth-order valence-electron chi connectivity index (χ4n) is 4.44. The lowest BCUT2D eigenvalue weighted by Crippen LogP contribution is -2.31. The summed E-state index contributed by atoms with van der Waals surface area (Å²) in [6.07, 6.45) is 2.30. The van der Waals surface area contributed by atoms with Crippen molar-refractivity contribution in [3.05, 3.63) is 69.9 Å². The monoisotopic (exact) mass is 537 g/mol.